The normalized spacial score (nSPS) is 17.2. The molecule has 0 saturated carbocycles. The number of alkyl halides is 9. The Morgan fingerprint density at radius 3 is 1.73 bits per heavy atom. The van der Waals surface area contributed by atoms with Crippen LogP contribution in [0.5, 0.6) is 11.5 Å². The lowest BCUT2D eigenvalue weighted by atomic mass is 10.1. The molecule has 1 N–H and O–H groups in total. The molecule has 1 unspecified atom stereocenters. The maximum Gasteiger partial charge on any atom is 0.420 e. The van der Waals surface area contributed by atoms with Crippen molar-refractivity contribution in [3.63, 3.8) is 0 Å². The van der Waals surface area contributed by atoms with Crippen molar-refractivity contribution in [3.8, 4) is 11.5 Å². The summed E-state index contributed by atoms with van der Waals surface area (Å²) < 4.78 is 122. The van der Waals surface area contributed by atoms with Crippen molar-refractivity contribution in [1.29, 1.82) is 0 Å². The van der Waals surface area contributed by atoms with Crippen molar-refractivity contribution in [2.75, 3.05) is 6.61 Å². The highest BCUT2D eigenvalue weighted by atomic mass is 127. The molecule has 0 radical (unpaired) electrons. The van der Waals surface area contributed by atoms with Gasteiger partial charge in [-0.1, -0.05) is 12.1 Å². The zero-order valence-corrected chi connectivity index (χ0v) is 18.6. The van der Waals surface area contributed by atoms with E-state index in [4.69, 9.17) is 14.6 Å². The van der Waals surface area contributed by atoms with Crippen molar-refractivity contribution in [2.24, 2.45) is 0 Å². The van der Waals surface area contributed by atoms with Gasteiger partial charge in [0.15, 0.2) is 6.29 Å². The van der Waals surface area contributed by atoms with Crippen molar-refractivity contribution in [1.82, 2.24) is 0 Å². The Kier molecular flexibility index (Phi) is 8.76. The molecule has 2 aromatic carbocycles. The molecule has 1 aliphatic rings. The zero-order valence-electron chi connectivity index (χ0n) is 16.4. The number of benzene rings is 2. The number of hydrogen-bond donors (Lipinski definition) is 1. The van der Waals surface area contributed by atoms with Crippen molar-refractivity contribution >= 4 is 22.6 Å². The fraction of sp³-hybridized carbons (Fsp3) is 0.400. The molecule has 3 nitrogen and oxygen atoms in total. The molecule has 0 aliphatic carbocycles. The first-order valence-corrected chi connectivity index (χ1v) is 10.3. The van der Waals surface area contributed by atoms with E-state index < -0.39 is 47.3 Å². The molecule has 1 heterocycles. The summed E-state index contributed by atoms with van der Waals surface area (Å²) in [5, 5.41) is 8.82. The van der Waals surface area contributed by atoms with E-state index in [0.29, 0.717) is 34.8 Å². The van der Waals surface area contributed by atoms with E-state index in [-0.39, 0.29) is 5.75 Å². The Labute approximate surface area is 195 Å². The Morgan fingerprint density at radius 1 is 0.788 bits per heavy atom. The Bertz CT molecular complexity index is 902. The lowest BCUT2D eigenvalue weighted by molar-refractivity contribution is -0.146. The number of hydrogen-bond acceptors (Lipinski definition) is 3. The first kappa shape index (κ1) is 27.3. The predicted octanol–water partition coefficient (Wildman–Crippen LogP) is 7.65. The highest BCUT2D eigenvalue weighted by molar-refractivity contribution is 14.1. The molecule has 0 aromatic heterocycles. The first-order valence-electron chi connectivity index (χ1n) is 9.22. The molecular formula is C20H16F9IO3. The zero-order chi connectivity index (χ0) is 25.0. The standard InChI is InChI=1S/C12H12F3IO2.C8H4F6O/c13-12(14,15)8-4-3-5-9(16)11(8)18-10-6-1-2-7-17-10;9-7(10,11)4-2-1-3-5(6(4)15)8(12,13)14/h3-5,10H,1-2,6-7H2;1-3,15H. The van der Waals surface area contributed by atoms with Crippen molar-refractivity contribution < 1.29 is 54.1 Å². The van der Waals surface area contributed by atoms with Gasteiger partial charge >= 0.3 is 18.5 Å². The van der Waals surface area contributed by atoms with Gasteiger partial charge in [-0.3, -0.25) is 0 Å². The third-order valence-corrected chi connectivity index (χ3v) is 5.16. The molecule has 184 valence electrons. The van der Waals surface area contributed by atoms with Crippen LogP contribution < -0.4 is 4.74 Å². The van der Waals surface area contributed by atoms with Gasteiger partial charge in [0.1, 0.15) is 11.5 Å². The largest absolute Gasteiger partial charge is 0.507 e. The Balaban J connectivity index is 0.000000238. The third kappa shape index (κ3) is 7.55. The monoisotopic (exact) mass is 602 g/mol. The van der Waals surface area contributed by atoms with Gasteiger partial charge in [0.2, 0.25) is 0 Å². The molecule has 13 heteroatoms. The summed E-state index contributed by atoms with van der Waals surface area (Å²) in [5.41, 5.74) is -4.14. The summed E-state index contributed by atoms with van der Waals surface area (Å²) in [6, 6.07) is 5.34. The summed E-state index contributed by atoms with van der Waals surface area (Å²) in [6.45, 7) is 0.537. The SMILES string of the molecule is FC(F)(F)c1cccc(I)c1OC1CCCCO1.Oc1c(C(F)(F)F)cccc1C(F)(F)F. The minimum atomic E-state index is -5.01. The molecular weight excluding hydrogens is 586 g/mol. The van der Waals surface area contributed by atoms with Crippen molar-refractivity contribution in [3.05, 3.63) is 56.7 Å². The molecule has 1 saturated heterocycles. The summed E-state index contributed by atoms with van der Waals surface area (Å²) in [6.07, 6.45) is -12.5. The molecule has 33 heavy (non-hydrogen) atoms. The number of phenolic OH excluding ortho intramolecular Hbond substituents is 1. The second kappa shape index (κ2) is 10.6. The highest BCUT2D eigenvalue weighted by Gasteiger charge is 2.41. The van der Waals surface area contributed by atoms with Gasteiger partial charge in [0, 0.05) is 6.42 Å². The highest BCUT2D eigenvalue weighted by Crippen LogP contribution is 2.43. The topological polar surface area (TPSA) is 38.7 Å². The number of rotatable bonds is 2. The van der Waals surface area contributed by atoms with E-state index in [1.807, 2.05) is 22.6 Å². The summed E-state index contributed by atoms with van der Waals surface area (Å²) >= 11 is 1.84. The van der Waals surface area contributed by atoms with Gasteiger partial charge in [-0.15, -0.1) is 0 Å². The first-order chi connectivity index (χ1) is 15.1. The second-order valence-corrected chi connectivity index (χ2v) is 7.89. The number of phenols is 1. The average molecular weight is 602 g/mol. The molecule has 1 fully saturated rings. The van der Waals surface area contributed by atoms with Crippen LogP contribution in [0.1, 0.15) is 36.0 Å². The third-order valence-electron chi connectivity index (χ3n) is 4.31. The van der Waals surface area contributed by atoms with Gasteiger partial charge in [0.05, 0.1) is 26.9 Å². The van der Waals surface area contributed by atoms with E-state index >= 15 is 0 Å². The van der Waals surface area contributed by atoms with Crippen LogP contribution in [0.15, 0.2) is 36.4 Å². The van der Waals surface area contributed by atoms with E-state index in [0.717, 1.165) is 18.9 Å². The van der Waals surface area contributed by atoms with Crippen molar-refractivity contribution in [2.45, 2.75) is 44.1 Å². The molecule has 1 aliphatic heterocycles. The molecule has 0 bridgehead atoms. The van der Waals surface area contributed by atoms with E-state index in [1.54, 1.807) is 6.07 Å². The minimum absolute atomic E-state index is 0.127. The second-order valence-electron chi connectivity index (χ2n) is 6.73. The van der Waals surface area contributed by atoms with Gasteiger partial charge in [-0.05, 0) is 59.7 Å². The van der Waals surface area contributed by atoms with Gasteiger partial charge in [-0.25, -0.2) is 0 Å². The fourth-order valence-corrected chi connectivity index (χ4v) is 3.41. The van der Waals surface area contributed by atoms with Crippen LogP contribution in [0.25, 0.3) is 0 Å². The van der Waals surface area contributed by atoms with Gasteiger partial charge < -0.3 is 14.6 Å². The van der Waals surface area contributed by atoms with Crippen LogP contribution in [-0.4, -0.2) is 18.0 Å². The average Bonchev–Trinajstić information content (AvgIpc) is 2.68. The van der Waals surface area contributed by atoms with E-state index in [2.05, 4.69) is 0 Å². The maximum atomic E-state index is 12.9. The number of halogens is 10. The molecule has 3 rings (SSSR count). The molecule has 2 aromatic rings. The van der Waals surface area contributed by atoms with E-state index in [1.165, 1.54) is 6.07 Å². The maximum absolute atomic E-state index is 12.9. The van der Waals surface area contributed by atoms with Crippen LogP contribution in [0, 0.1) is 3.57 Å². The smallest absolute Gasteiger partial charge is 0.420 e. The van der Waals surface area contributed by atoms with Gasteiger partial charge in [0.25, 0.3) is 0 Å². The lowest BCUT2D eigenvalue weighted by Crippen LogP contribution is -2.26. The quantitative estimate of drug-likeness (QED) is 0.284. The number of ether oxygens (including phenoxy) is 2. The molecule has 1 atom stereocenters. The van der Waals surface area contributed by atoms with Crippen LogP contribution in [0.2, 0.25) is 0 Å². The fourth-order valence-electron chi connectivity index (χ4n) is 2.79. The minimum Gasteiger partial charge on any atom is -0.507 e. The van der Waals surface area contributed by atoms with Crippen LogP contribution in [0.4, 0.5) is 39.5 Å². The van der Waals surface area contributed by atoms with Gasteiger partial charge in [-0.2, -0.15) is 39.5 Å². The summed E-state index contributed by atoms with van der Waals surface area (Å²) in [5.74, 6) is -1.92. The Hall–Kier alpha value is -1.90. The molecule has 0 spiro atoms. The number of para-hydroxylation sites is 2. The summed E-state index contributed by atoms with van der Waals surface area (Å²) in [4.78, 5) is 0. The van der Waals surface area contributed by atoms with Crippen LogP contribution in [-0.2, 0) is 23.3 Å². The predicted molar refractivity (Wildman–Crippen MR) is 106 cm³/mol. The number of aromatic hydroxyl groups is 1. The Morgan fingerprint density at radius 2 is 1.27 bits per heavy atom. The summed E-state index contributed by atoms with van der Waals surface area (Å²) in [7, 11) is 0. The lowest BCUT2D eigenvalue weighted by Gasteiger charge is -2.25. The van der Waals surface area contributed by atoms with Crippen LogP contribution in [0.3, 0.4) is 0 Å². The van der Waals surface area contributed by atoms with E-state index in [9.17, 15) is 39.5 Å². The molecule has 0 amide bonds. The van der Waals surface area contributed by atoms with Crippen LogP contribution >= 0.6 is 22.6 Å².